The van der Waals surface area contributed by atoms with Crippen LogP contribution < -0.4 is 5.73 Å². The predicted molar refractivity (Wildman–Crippen MR) is 79.0 cm³/mol. The Morgan fingerprint density at radius 1 is 1.11 bits per heavy atom. The lowest BCUT2D eigenvalue weighted by atomic mass is 10.2. The normalized spacial score (nSPS) is 8.42. The van der Waals surface area contributed by atoms with Crippen molar-refractivity contribution in [2.45, 2.75) is 27.7 Å². The van der Waals surface area contributed by atoms with Crippen LogP contribution in [0.3, 0.4) is 0 Å². The number of nitrogen functional groups attached to an aromatic ring is 1. The number of carbonyl (C=O) groups is 1. The Labute approximate surface area is 114 Å². The van der Waals surface area contributed by atoms with E-state index in [2.05, 4.69) is 9.97 Å². The molecule has 4 heteroatoms. The van der Waals surface area contributed by atoms with Crippen LogP contribution in [0.15, 0.2) is 42.9 Å². The lowest BCUT2D eigenvalue weighted by molar-refractivity contribution is 0.101. The van der Waals surface area contributed by atoms with Gasteiger partial charge in [-0.15, -0.1) is 0 Å². The van der Waals surface area contributed by atoms with Crippen LogP contribution in [-0.4, -0.2) is 15.8 Å². The number of carbonyl (C=O) groups excluding carboxylic acids is 1. The molecule has 0 bridgehead atoms. The summed E-state index contributed by atoms with van der Waals surface area (Å²) in [5.41, 5.74) is 7.21. The number of hydrogen-bond donors (Lipinski definition) is 1. The zero-order valence-corrected chi connectivity index (χ0v) is 11.9. The number of Topliss-reactive ketones (excluding diaryl/α,β-unsaturated/α-hetero) is 1. The van der Waals surface area contributed by atoms with E-state index in [1.54, 1.807) is 30.7 Å². The van der Waals surface area contributed by atoms with Gasteiger partial charge in [-0.1, -0.05) is 13.8 Å². The molecule has 0 unspecified atom stereocenters. The minimum absolute atomic E-state index is 0.0809. The number of pyridine rings is 2. The molecule has 0 saturated heterocycles. The maximum Gasteiger partial charge on any atom is 0.159 e. The van der Waals surface area contributed by atoms with Gasteiger partial charge in [-0.3, -0.25) is 9.78 Å². The minimum atomic E-state index is 0.0809. The largest absolute Gasteiger partial charge is 0.384 e. The third-order valence-corrected chi connectivity index (χ3v) is 2.02. The predicted octanol–water partition coefficient (Wildman–Crippen LogP) is 3.28. The molecule has 0 atom stereocenters. The lowest BCUT2D eigenvalue weighted by Gasteiger charge is -1.90. The Kier molecular flexibility index (Phi) is 8.62. The number of hydrogen-bond acceptors (Lipinski definition) is 4. The van der Waals surface area contributed by atoms with Crippen LogP contribution >= 0.6 is 0 Å². The molecule has 19 heavy (non-hydrogen) atoms. The summed E-state index contributed by atoms with van der Waals surface area (Å²) in [6.45, 7) is 7.52. The molecule has 2 aromatic rings. The van der Waals surface area contributed by atoms with Crippen molar-refractivity contribution >= 4 is 11.6 Å². The van der Waals surface area contributed by atoms with Crippen LogP contribution in [0.5, 0.6) is 0 Å². The Morgan fingerprint density at radius 2 is 1.68 bits per heavy atom. The summed E-state index contributed by atoms with van der Waals surface area (Å²) in [4.78, 5) is 18.2. The van der Waals surface area contributed by atoms with E-state index in [1.165, 1.54) is 6.92 Å². The maximum atomic E-state index is 10.6. The third kappa shape index (κ3) is 7.65. The second-order valence-corrected chi connectivity index (χ2v) is 3.55. The van der Waals surface area contributed by atoms with Crippen LogP contribution in [0.4, 0.5) is 5.82 Å². The maximum absolute atomic E-state index is 10.6. The second-order valence-electron chi connectivity index (χ2n) is 3.55. The third-order valence-electron chi connectivity index (χ3n) is 2.02. The summed E-state index contributed by atoms with van der Waals surface area (Å²) in [6.07, 6.45) is 4.91. The molecule has 0 aromatic carbocycles. The number of ketones is 1. The molecular formula is C15H21N3O. The van der Waals surface area contributed by atoms with Gasteiger partial charge in [0.1, 0.15) is 5.82 Å². The van der Waals surface area contributed by atoms with E-state index >= 15 is 0 Å². The molecule has 2 N–H and O–H groups in total. The molecule has 0 aliphatic carbocycles. The first kappa shape index (κ1) is 16.8. The summed E-state index contributed by atoms with van der Waals surface area (Å²) in [6, 6.07) is 7.14. The lowest BCUT2D eigenvalue weighted by Crippen LogP contribution is -1.89. The van der Waals surface area contributed by atoms with Crippen molar-refractivity contribution in [3.05, 3.63) is 54.0 Å². The SMILES string of the molecule is CC.CC(=O)c1ccncc1.Cc1ccnc(N)c1. The first-order valence-corrected chi connectivity index (χ1v) is 6.18. The number of rotatable bonds is 1. The summed E-state index contributed by atoms with van der Waals surface area (Å²) in [5.74, 6) is 0.669. The van der Waals surface area contributed by atoms with Gasteiger partial charge in [-0.05, 0) is 43.7 Å². The average Bonchev–Trinajstić information content (AvgIpc) is 2.42. The van der Waals surface area contributed by atoms with Gasteiger partial charge in [0.15, 0.2) is 5.78 Å². The standard InChI is InChI=1S/C7H7NO.C6H8N2.C2H6/c1-6(9)7-2-4-8-5-3-7;1-5-2-3-8-6(7)4-5;1-2/h2-5H,1H3;2-4H,1H3,(H2,7,8);1-2H3. The summed E-state index contributed by atoms with van der Waals surface area (Å²) >= 11 is 0. The summed E-state index contributed by atoms with van der Waals surface area (Å²) < 4.78 is 0. The van der Waals surface area contributed by atoms with Crippen LogP contribution in [-0.2, 0) is 0 Å². The summed E-state index contributed by atoms with van der Waals surface area (Å²) in [7, 11) is 0. The van der Waals surface area contributed by atoms with E-state index < -0.39 is 0 Å². The zero-order chi connectivity index (χ0) is 14.7. The fourth-order valence-electron chi connectivity index (χ4n) is 1.15. The molecule has 0 aliphatic heterocycles. The highest BCUT2D eigenvalue weighted by Gasteiger charge is 1.93. The van der Waals surface area contributed by atoms with Crippen LogP contribution in [0.25, 0.3) is 0 Å². The van der Waals surface area contributed by atoms with Crippen molar-refractivity contribution in [2.75, 3.05) is 5.73 Å². The van der Waals surface area contributed by atoms with Gasteiger partial charge in [0.2, 0.25) is 0 Å². The molecule has 4 nitrogen and oxygen atoms in total. The van der Waals surface area contributed by atoms with Gasteiger partial charge in [0.05, 0.1) is 0 Å². The Hall–Kier alpha value is -2.23. The van der Waals surface area contributed by atoms with Gasteiger partial charge < -0.3 is 5.73 Å². The van der Waals surface area contributed by atoms with E-state index in [0.717, 1.165) is 5.56 Å². The van der Waals surface area contributed by atoms with Crippen LogP contribution in [0.2, 0.25) is 0 Å². The first-order valence-electron chi connectivity index (χ1n) is 6.18. The topological polar surface area (TPSA) is 68.9 Å². The molecule has 0 aliphatic rings. The molecule has 2 rings (SSSR count). The number of aromatic nitrogens is 2. The van der Waals surface area contributed by atoms with E-state index in [1.807, 2.05) is 32.9 Å². The molecule has 0 spiro atoms. The van der Waals surface area contributed by atoms with Crippen molar-refractivity contribution in [3.8, 4) is 0 Å². The van der Waals surface area contributed by atoms with Gasteiger partial charge in [0, 0.05) is 24.2 Å². The number of nitrogens with zero attached hydrogens (tertiary/aromatic N) is 2. The van der Waals surface area contributed by atoms with Gasteiger partial charge in [-0.2, -0.15) is 0 Å². The highest BCUT2D eigenvalue weighted by molar-refractivity contribution is 5.93. The molecule has 0 saturated carbocycles. The smallest absolute Gasteiger partial charge is 0.159 e. The van der Waals surface area contributed by atoms with Crippen molar-refractivity contribution in [1.29, 1.82) is 0 Å². The van der Waals surface area contributed by atoms with Gasteiger partial charge >= 0.3 is 0 Å². The zero-order valence-electron chi connectivity index (χ0n) is 11.9. The van der Waals surface area contributed by atoms with Crippen LogP contribution in [0.1, 0.15) is 36.7 Å². The average molecular weight is 259 g/mol. The molecule has 0 fully saturated rings. The number of aryl methyl sites for hydroxylation is 1. The van der Waals surface area contributed by atoms with E-state index in [0.29, 0.717) is 11.4 Å². The monoisotopic (exact) mass is 259 g/mol. The first-order chi connectivity index (χ1) is 9.09. The quantitative estimate of drug-likeness (QED) is 0.798. The van der Waals surface area contributed by atoms with Crippen molar-refractivity contribution < 1.29 is 4.79 Å². The van der Waals surface area contributed by atoms with Crippen molar-refractivity contribution in [1.82, 2.24) is 9.97 Å². The molecule has 2 heterocycles. The van der Waals surface area contributed by atoms with Gasteiger partial charge in [-0.25, -0.2) is 4.98 Å². The van der Waals surface area contributed by atoms with Crippen molar-refractivity contribution in [3.63, 3.8) is 0 Å². The fourth-order valence-corrected chi connectivity index (χ4v) is 1.15. The van der Waals surface area contributed by atoms with E-state index in [9.17, 15) is 4.79 Å². The fraction of sp³-hybridized carbons (Fsp3) is 0.267. The Morgan fingerprint density at radius 3 is 2.00 bits per heavy atom. The molecule has 0 radical (unpaired) electrons. The minimum Gasteiger partial charge on any atom is -0.384 e. The molecule has 102 valence electrons. The van der Waals surface area contributed by atoms with Crippen molar-refractivity contribution in [2.24, 2.45) is 0 Å². The highest BCUT2D eigenvalue weighted by atomic mass is 16.1. The number of nitrogens with two attached hydrogens (primary N) is 1. The Bertz CT molecular complexity index is 467. The summed E-state index contributed by atoms with van der Waals surface area (Å²) in [5, 5.41) is 0. The van der Waals surface area contributed by atoms with Gasteiger partial charge in [0.25, 0.3) is 0 Å². The molecular weight excluding hydrogens is 238 g/mol. The van der Waals surface area contributed by atoms with E-state index in [4.69, 9.17) is 5.73 Å². The molecule has 0 amide bonds. The molecule has 2 aromatic heterocycles. The number of anilines is 1. The Balaban J connectivity index is 0.000000303. The second kappa shape index (κ2) is 9.76. The van der Waals surface area contributed by atoms with Crippen LogP contribution in [0, 0.1) is 6.92 Å². The highest BCUT2D eigenvalue weighted by Crippen LogP contribution is 1.98. The van der Waals surface area contributed by atoms with E-state index in [-0.39, 0.29) is 5.78 Å².